The average Bonchev–Trinajstić information content (AvgIpc) is 2.49. The molecule has 0 aromatic heterocycles. The lowest BCUT2D eigenvalue weighted by atomic mass is 10.2. The molecule has 5 nitrogen and oxygen atoms in total. The van der Waals surface area contributed by atoms with E-state index in [9.17, 15) is 9.59 Å². The van der Waals surface area contributed by atoms with Gasteiger partial charge < -0.3 is 15.0 Å². The zero-order valence-corrected chi connectivity index (χ0v) is 14.4. The second kappa shape index (κ2) is 8.86. The Labute approximate surface area is 140 Å². The van der Waals surface area contributed by atoms with Crippen LogP contribution in [0, 0.1) is 0 Å². The van der Waals surface area contributed by atoms with Gasteiger partial charge in [0.2, 0.25) is 0 Å². The molecule has 1 rings (SSSR count). The maximum Gasteiger partial charge on any atom is 0.322 e. The van der Waals surface area contributed by atoms with Gasteiger partial charge in [-0.2, -0.15) is 0 Å². The minimum Gasteiger partial charge on any atom is -0.469 e. The molecular weight excluding hydrogens is 327 g/mol. The lowest BCUT2D eigenvalue weighted by Crippen LogP contribution is -2.42. The number of carbonyl (C=O) groups excluding carboxylic acids is 2. The van der Waals surface area contributed by atoms with E-state index in [0.717, 1.165) is 6.42 Å². The zero-order valence-electron chi connectivity index (χ0n) is 12.9. The number of nitrogens with one attached hydrogen (secondary N) is 1. The minimum absolute atomic E-state index is 0.0178. The molecule has 0 spiro atoms. The Bertz CT molecular complexity index is 538. The Kier molecular flexibility index (Phi) is 7.48. The molecule has 1 N–H and O–H groups in total. The average molecular weight is 347 g/mol. The van der Waals surface area contributed by atoms with Crippen LogP contribution in [-0.2, 0) is 9.53 Å². The Balaban J connectivity index is 2.80. The van der Waals surface area contributed by atoms with Crippen LogP contribution in [0.5, 0.6) is 0 Å². The van der Waals surface area contributed by atoms with Crippen molar-refractivity contribution in [3.8, 4) is 0 Å². The molecule has 0 saturated carbocycles. The van der Waals surface area contributed by atoms with Crippen LogP contribution >= 0.6 is 23.2 Å². The Morgan fingerprint density at radius 1 is 1.36 bits per heavy atom. The van der Waals surface area contributed by atoms with Gasteiger partial charge in [-0.1, -0.05) is 30.1 Å². The van der Waals surface area contributed by atoms with Crippen LogP contribution in [0.2, 0.25) is 10.0 Å². The van der Waals surface area contributed by atoms with Crippen LogP contribution in [0.4, 0.5) is 10.5 Å². The van der Waals surface area contributed by atoms with E-state index < -0.39 is 0 Å². The molecule has 0 saturated heterocycles. The van der Waals surface area contributed by atoms with Gasteiger partial charge in [0.05, 0.1) is 24.2 Å². The third kappa shape index (κ3) is 5.39. The highest BCUT2D eigenvalue weighted by Gasteiger charge is 2.20. The van der Waals surface area contributed by atoms with Crippen LogP contribution in [0.25, 0.3) is 0 Å². The number of urea groups is 1. The van der Waals surface area contributed by atoms with Crippen molar-refractivity contribution in [1.29, 1.82) is 0 Å². The molecule has 0 heterocycles. The minimum atomic E-state index is -0.356. The number of anilines is 1. The van der Waals surface area contributed by atoms with Crippen molar-refractivity contribution >= 4 is 40.9 Å². The summed E-state index contributed by atoms with van der Waals surface area (Å²) in [5, 5.41) is 3.59. The van der Waals surface area contributed by atoms with Gasteiger partial charge in [0.1, 0.15) is 0 Å². The summed E-state index contributed by atoms with van der Waals surface area (Å²) in [7, 11) is 1.32. The second-order valence-electron chi connectivity index (χ2n) is 4.83. The van der Waals surface area contributed by atoms with E-state index in [0.29, 0.717) is 15.7 Å². The molecule has 2 amide bonds. The first-order valence-corrected chi connectivity index (χ1v) is 7.74. The molecule has 1 aromatic carbocycles. The molecule has 0 aliphatic rings. The maximum atomic E-state index is 12.4. The van der Waals surface area contributed by atoms with E-state index in [1.54, 1.807) is 23.1 Å². The molecule has 0 fully saturated rings. The Hall–Kier alpha value is -1.46. The number of hydrogen-bond acceptors (Lipinski definition) is 3. The number of nitrogens with zero attached hydrogens (tertiary/aromatic N) is 1. The fourth-order valence-electron chi connectivity index (χ4n) is 1.83. The van der Waals surface area contributed by atoms with Gasteiger partial charge in [-0.3, -0.25) is 4.79 Å². The Morgan fingerprint density at radius 2 is 2.05 bits per heavy atom. The summed E-state index contributed by atoms with van der Waals surface area (Å²) in [6.07, 6.45) is 0.908. The molecule has 0 aliphatic heterocycles. The highest BCUT2D eigenvalue weighted by Crippen LogP contribution is 2.25. The molecule has 0 aliphatic carbocycles. The van der Waals surface area contributed by atoms with Gasteiger partial charge in [-0.15, -0.1) is 0 Å². The molecule has 1 aromatic rings. The first kappa shape index (κ1) is 18.6. The SMILES string of the molecule is CCC(C)N(CCC(=O)OC)C(=O)Nc1ccc(Cl)cc1Cl. The van der Waals surface area contributed by atoms with Crippen LogP contribution in [0.1, 0.15) is 26.7 Å². The van der Waals surface area contributed by atoms with E-state index in [2.05, 4.69) is 10.1 Å². The smallest absolute Gasteiger partial charge is 0.322 e. The summed E-state index contributed by atoms with van der Waals surface area (Å²) in [6.45, 7) is 4.16. The number of carbonyl (C=O) groups is 2. The predicted molar refractivity (Wildman–Crippen MR) is 88.6 cm³/mol. The number of ether oxygens (including phenoxy) is 1. The first-order chi connectivity index (χ1) is 10.4. The molecule has 122 valence electrons. The topological polar surface area (TPSA) is 58.6 Å². The molecule has 1 unspecified atom stereocenters. The third-order valence-corrected chi connectivity index (χ3v) is 3.89. The summed E-state index contributed by atoms with van der Waals surface area (Å²) in [5.41, 5.74) is 0.474. The number of rotatable bonds is 6. The van der Waals surface area contributed by atoms with Crippen molar-refractivity contribution in [3.05, 3.63) is 28.2 Å². The van der Waals surface area contributed by atoms with E-state index in [1.165, 1.54) is 7.11 Å². The van der Waals surface area contributed by atoms with Crippen LogP contribution in [0.15, 0.2) is 18.2 Å². The summed E-state index contributed by atoms with van der Waals surface area (Å²) < 4.78 is 4.61. The zero-order chi connectivity index (χ0) is 16.7. The standard InChI is InChI=1S/C15H20Cl2N2O3/c1-4-10(2)19(8-7-14(20)22-3)15(21)18-13-6-5-11(16)9-12(13)17/h5-6,9-10H,4,7-8H2,1-3H3,(H,18,21). The van der Waals surface area contributed by atoms with Crippen molar-refractivity contribution in [2.75, 3.05) is 19.0 Å². The van der Waals surface area contributed by atoms with E-state index in [1.807, 2.05) is 13.8 Å². The highest BCUT2D eigenvalue weighted by atomic mass is 35.5. The number of halogens is 2. The number of benzene rings is 1. The van der Waals surface area contributed by atoms with Crippen molar-refractivity contribution in [3.63, 3.8) is 0 Å². The number of methoxy groups -OCH3 is 1. The molecule has 0 radical (unpaired) electrons. The number of esters is 1. The number of amides is 2. The van der Waals surface area contributed by atoms with Crippen molar-refractivity contribution < 1.29 is 14.3 Å². The quantitative estimate of drug-likeness (QED) is 0.785. The van der Waals surface area contributed by atoms with Crippen molar-refractivity contribution in [2.45, 2.75) is 32.7 Å². The second-order valence-corrected chi connectivity index (χ2v) is 5.67. The molecule has 0 bridgehead atoms. The van der Waals surface area contributed by atoms with Gasteiger partial charge in [0, 0.05) is 17.6 Å². The van der Waals surface area contributed by atoms with Crippen LogP contribution in [0.3, 0.4) is 0 Å². The highest BCUT2D eigenvalue weighted by molar-refractivity contribution is 6.36. The monoisotopic (exact) mass is 346 g/mol. The van der Waals surface area contributed by atoms with E-state index in [4.69, 9.17) is 23.2 Å². The lowest BCUT2D eigenvalue weighted by Gasteiger charge is -2.28. The Morgan fingerprint density at radius 3 is 2.59 bits per heavy atom. The summed E-state index contributed by atoms with van der Waals surface area (Å²) in [6, 6.07) is 4.50. The lowest BCUT2D eigenvalue weighted by molar-refractivity contribution is -0.140. The van der Waals surface area contributed by atoms with Crippen LogP contribution in [-0.4, -0.2) is 36.6 Å². The van der Waals surface area contributed by atoms with Gasteiger partial charge in [-0.25, -0.2) is 4.79 Å². The third-order valence-electron chi connectivity index (χ3n) is 3.34. The van der Waals surface area contributed by atoms with Gasteiger partial charge in [0.25, 0.3) is 0 Å². The van der Waals surface area contributed by atoms with Gasteiger partial charge in [-0.05, 0) is 31.5 Å². The largest absolute Gasteiger partial charge is 0.469 e. The molecule has 1 atom stereocenters. The van der Waals surface area contributed by atoms with Gasteiger partial charge in [0.15, 0.2) is 0 Å². The molecular formula is C15H20Cl2N2O3. The van der Waals surface area contributed by atoms with Gasteiger partial charge >= 0.3 is 12.0 Å². The normalized spacial score (nSPS) is 11.7. The van der Waals surface area contributed by atoms with E-state index in [-0.39, 0.29) is 31.0 Å². The maximum absolute atomic E-state index is 12.4. The summed E-state index contributed by atoms with van der Waals surface area (Å²) >= 11 is 11.9. The summed E-state index contributed by atoms with van der Waals surface area (Å²) in [4.78, 5) is 25.3. The van der Waals surface area contributed by atoms with Crippen molar-refractivity contribution in [2.24, 2.45) is 0 Å². The fourth-order valence-corrected chi connectivity index (χ4v) is 2.29. The first-order valence-electron chi connectivity index (χ1n) is 6.98. The number of hydrogen-bond donors (Lipinski definition) is 1. The molecule has 22 heavy (non-hydrogen) atoms. The molecule has 7 heteroatoms. The van der Waals surface area contributed by atoms with E-state index >= 15 is 0 Å². The summed E-state index contributed by atoms with van der Waals surface area (Å²) in [5.74, 6) is -0.356. The fraction of sp³-hybridized carbons (Fsp3) is 0.467. The van der Waals surface area contributed by atoms with Crippen molar-refractivity contribution in [1.82, 2.24) is 4.90 Å². The predicted octanol–water partition coefficient (Wildman–Crippen LogP) is 4.19. The van der Waals surface area contributed by atoms with Crippen LogP contribution < -0.4 is 5.32 Å².